The van der Waals surface area contributed by atoms with Crippen molar-refractivity contribution in [2.45, 2.75) is 26.1 Å². The third kappa shape index (κ3) is 3.57. The van der Waals surface area contributed by atoms with E-state index in [2.05, 4.69) is 0 Å². The third-order valence-electron chi connectivity index (χ3n) is 2.11. The molecule has 0 aromatic heterocycles. The molecular formula is C11H15F2NO. The molecule has 1 aromatic rings. The van der Waals surface area contributed by atoms with E-state index in [0.29, 0.717) is 12.1 Å². The predicted octanol–water partition coefficient (Wildman–Crippen LogP) is 2.22. The van der Waals surface area contributed by atoms with Crippen molar-refractivity contribution in [2.75, 3.05) is 6.54 Å². The highest BCUT2D eigenvalue weighted by atomic mass is 19.2. The fourth-order valence-corrected chi connectivity index (χ4v) is 0.967. The zero-order chi connectivity index (χ0) is 11.5. The molecule has 0 aliphatic heterocycles. The Kier molecular flexibility index (Phi) is 3.77. The van der Waals surface area contributed by atoms with Crippen LogP contribution in [0.25, 0.3) is 0 Å². The van der Waals surface area contributed by atoms with E-state index in [0.717, 1.165) is 12.1 Å². The number of nitrogens with two attached hydrogens (primary N) is 1. The molecule has 0 radical (unpaired) electrons. The SMILES string of the molecule is CC(C)(CN)OCc1ccc(F)c(F)c1. The van der Waals surface area contributed by atoms with Crippen LogP contribution in [0, 0.1) is 11.6 Å². The zero-order valence-corrected chi connectivity index (χ0v) is 8.89. The zero-order valence-electron chi connectivity index (χ0n) is 8.89. The van der Waals surface area contributed by atoms with E-state index in [4.69, 9.17) is 10.5 Å². The molecule has 0 unspecified atom stereocenters. The summed E-state index contributed by atoms with van der Waals surface area (Å²) in [6.45, 7) is 4.28. The predicted molar refractivity (Wildman–Crippen MR) is 54.3 cm³/mol. The van der Waals surface area contributed by atoms with E-state index in [9.17, 15) is 8.78 Å². The third-order valence-corrected chi connectivity index (χ3v) is 2.11. The van der Waals surface area contributed by atoms with Gasteiger partial charge in [0.25, 0.3) is 0 Å². The van der Waals surface area contributed by atoms with Crippen molar-refractivity contribution in [3.05, 3.63) is 35.4 Å². The molecule has 4 heteroatoms. The fraction of sp³-hybridized carbons (Fsp3) is 0.455. The van der Waals surface area contributed by atoms with Crippen LogP contribution < -0.4 is 5.73 Å². The van der Waals surface area contributed by atoms with Gasteiger partial charge in [-0.2, -0.15) is 0 Å². The first-order valence-corrected chi connectivity index (χ1v) is 4.72. The van der Waals surface area contributed by atoms with Gasteiger partial charge in [-0.15, -0.1) is 0 Å². The van der Waals surface area contributed by atoms with E-state index in [1.165, 1.54) is 6.07 Å². The quantitative estimate of drug-likeness (QED) is 0.835. The van der Waals surface area contributed by atoms with E-state index in [-0.39, 0.29) is 6.61 Å². The summed E-state index contributed by atoms with van der Waals surface area (Å²) in [4.78, 5) is 0. The van der Waals surface area contributed by atoms with Crippen molar-refractivity contribution in [2.24, 2.45) is 5.73 Å². The Bertz CT molecular complexity index is 339. The molecule has 0 saturated carbocycles. The summed E-state index contributed by atoms with van der Waals surface area (Å²) in [6.07, 6.45) is 0. The molecule has 1 rings (SSSR count). The van der Waals surface area contributed by atoms with Gasteiger partial charge in [-0.25, -0.2) is 8.78 Å². The first-order valence-electron chi connectivity index (χ1n) is 4.72. The van der Waals surface area contributed by atoms with E-state index in [1.54, 1.807) is 0 Å². The van der Waals surface area contributed by atoms with Crippen LogP contribution in [0.4, 0.5) is 8.78 Å². The topological polar surface area (TPSA) is 35.2 Å². The minimum Gasteiger partial charge on any atom is -0.370 e. The summed E-state index contributed by atoms with van der Waals surface area (Å²) in [5.74, 6) is -1.71. The standard InChI is InChI=1S/C11H15F2NO/c1-11(2,7-14)15-6-8-3-4-9(12)10(13)5-8/h3-5H,6-7,14H2,1-2H3. The van der Waals surface area contributed by atoms with Crippen molar-refractivity contribution in [1.82, 2.24) is 0 Å². The average Bonchev–Trinajstić information content (AvgIpc) is 2.20. The second-order valence-corrected chi connectivity index (χ2v) is 4.00. The molecule has 1 aromatic carbocycles. The lowest BCUT2D eigenvalue weighted by Gasteiger charge is -2.23. The number of hydrogen-bond donors (Lipinski definition) is 1. The first kappa shape index (κ1) is 12.1. The Morgan fingerprint density at radius 2 is 1.93 bits per heavy atom. The Hall–Kier alpha value is -1.00. The Morgan fingerprint density at radius 1 is 1.27 bits per heavy atom. The Balaban J connectivity index is 2.62. The molecule has 15 heavy (non-hydrogen) atoms. The number of halogens is 2. The second kappa shape index (κ2) is 4.68. The lowest BCUT2D eigenvalue weighted by molar-refractivity contribution is -0.0223. The van der Waals surface area contributed by atoms with Gasteiger partial charge in [-0.1, -0.05) is 6.07 Å². The van der Waals surface area contributed by atoms with Crippen molar-refractivity contribution in [3.63, 3.8) is 0 Å². The molecule has 0 heterocycles. The molecule has 0 saturated heterocycles. The van der Waals surface area contributed by atoms with Gasteiger partial charge in [0.1, 0.15) is 0 Å². The summed E-state index contributed by atoms with van der Waals surface area (Å²) >= 11 is 0. The second-order valence-electron chi connectivity index (χ2n) is 4.00. The van der Waals surface area contributed by atoms with Crippen molar-refractivity contribution in [3.8, 4) is 0 Å². The molecule has 0 fully saturated rings. The summed E-state index contributed by atoms with van der Waals surface area (Å²) < 4.78 is 30.9. The monoisotopic (exact) mass is 215 g/mol. The largest absolute Gasteiger partial charge is 0.370 e. The summed E-state index contributed by atoms with van der Waals surface area (Å²) in [5.41, 5.74) is 5.60. The minimum atomic E-state index is -0.860. The van der Waals surface area contributed by atoms with Gasteiger partial charge in [0.05, 0.1) is 12.2 Å². The van der Waals surface area contributed by atoms with Crippen molar-refractivity contribution < 1.29 is 13.5 Å². The van der Waals surface area contributed by atoms with Crippen LogP contribution in [-0.4, -0.2) is 12.1 Å². The smallest absolute Gasteiger partial charge is 0.159 e. The van der Waals surface area contributed by atoms with Gasteiger partial charge in [0.2, 0.25) is 0 Å². The first-order chi connectivity index (χ1) is 6.94. The summed E-state index contributed by atoms with van der Waals surface area (Å²) in [6, 6.07) is 3.70. The fourth-order valence-electron chi connectivity index (χ4n) is 0.967. The van der Waals surface area contributed by atoms with E-state index >= 15 is 0 Å². The maximum Gasteiger partial charge on any atom is 0.159 e. The average molecular weight is 215 g/mol. The molecule has 0 aliphatic rings. The Labute approximate surface area is 88.0 Å². The van der Waals surface area contributed by atoms with Crippen LogP contribution in [0.15, 0.2) is 18.2 Å². The highest BCUT2D eigenvalue weighted by molar-refractivity contribution is 5.16. The minimum absolute atomic E-state index is 0.224. The maximum absolute atomic E-state index is 12.8. The highest BCUT2D eigenvalue weighted by Crippen LogP contribution is 2.14. The lowest BCUT2D eigenvalue weighted by atomic mass is 10.1. The molecule has 0 spiro atoms. The number of benzene rings is 1. The molecule has 2 N–H and O–H groups in total. The number of ether oxygens (including phenoxy) is 1. The van der Waals surface area contributed by atoms with Crippen molar-refractivity contribution in [1.29, 1.82) is 0 Å². The lowest BCUT2D eigenvalue weighted by Crippen LogP contribution is -2.33. The van der Waals surface area contributed by atoms with Gasteiger partial charge in [-0.05, 0) is 31.5 Å². The number of rotatable bonds is 4. The summed E-state index contributed by atoms with van der Waals surface area (Å²) in [5, 5.41) is 0. The normalized spacial score (nSPS) is 11.8. The van der Waals surface area contributed by atoms with E-state index in [1.807, 2.05) is 13.8 Å². The molecule has 0 bridgehead atoms. The molecule has 2 nitrogen and oxygen atoms in total. The van der Waals surface area contributed by atoms with Gasteiger partial charge in [0, 0.05) is 6.54 Å². The van der Waals surface area contributed by atoms with Gasteiger partial charge in [-0.3, -0.25) is 0 Å². The maximum atomic E-state index is 12.8. The molecule has 0 aliphatic carbocycles. The van der Waals surface area contributed by atoms with Crippen molar-refractivity contribution >= 4 is 0 Å². The van der Waals surface area contributed by atoms with E-state index < -0.39 is 17.2 Å². The van der Waals surface area contributed by atoms with Crippen LogP contribution in [0.1, 0.15) is 19.4 Å². The van der Waals surface area contributed by atoms with Crippen LogP contribution in [0.2, 0.25) is 0 Å². The van der Waals surface area contributed by atoms with Crippen LogP contribution in [0.3, 0.4) is 0 Å². The van der Waals surface area contributed by atoms with Gasteiger partial charge < -0.3 is 10.5 Å². The molecule has 0 amide bonds. The molecule has 84 valence electrons. The highest BCUT2D eigenvalue weighted by Gasteiger charge is 2.15. The van der Waals surface area contributed by atoms with Crippen LogP contribution in [0.5, 0.6) is 0 Å². The van der Waals surface area contributed by atoms with Gasteiger partial charge >= 0.3 is 0 Å². The molecule has 0 atom stereocenters. The summed E-state index contributed by atoms with van der Waals surface area (Å²) in [7, 11) is 0. The molecular weight excluding hydrogens is 200 g/mol. The Morgan fingerprint density at radius 3 is 2.47 bits per heavy atom. The van der Waals surface area contributed by atoms with Crippen LogP contribution in [-0.2, 0) is 11.3 Å². The number of hydrogen-bond acceptors (Lipinski definition) is 2. The van der Waals surface area contributed by atoms with Crippen LogP contribution >= 0.6 is 0 Å². The van der Waals surface area contributed by atoms with Gasteiger partial charge in [0.15, 0.2) is 11.6 Å².